The van der Waals surface area contributed by atoms with Crippen LogP contribution in [0.1, 0.15) is 43.4 Å². The molecule has 1 saturated carbocycles. The van der Waals surface area contributed by atoms with E-state index in [4.69, 9.17) is 14.3 Å². The Hall–Kier alpha value is -1.43. The molecule has 2 rings (SSSR count). The highest BCUT2D eigenvalue weighted by Gasteiger charge is 2.29. The summed E-state index contributed by atoms with van der Waals surface area (Å²) in [6.45, 7) is 0.317. The Morgan fingerprint density at radius 1 is 1.41 bits per heavy atom. The van der Waals surface area contributed by atoms with E-state index in [0.717, 1.165) is 12.8 Å². The summed E-state index contributed by atoms with van der Waals surface area (Å²) in [5, 5.41) is 16.8. The lowest BCUT2D eigenvalue weighted by Crippen LogP contribution is -2.20. The van der Waals surface area contributed by atoms with E-state index in [9.17, 15) is 4.79 Å². The smallest absolute Gasteiger partial charge is 0.306 e. The minimum absolute atomic E-state index is 0.198. The van der Waals surface area contributed by atoms with Crippen molar-refractivity contribution in [2.75, 3.05) is 7.11 Å². The highest BCUT2D eigenvalue weighted by molar-refractivity contribution is 5.70. The van der Waals surface area contributed by atoms with Crippen molar-refractivity contribution in [1.29, 1.82) is 0 Å². The van der Waals surface area contributed by atoms with Crippen molar-refractivity contribution in [3.8, 4) is 0 Å². The number of carboxylic acid groups (broad SMARTS) is 1. The highest BCUT2D eigenvalue weighted by Crippen LogP contribution is 2.35. The van der Waals surface area contributed by atoms with Gasteiger partial charge in [0.05, 0.1) is 5.92 Å². The van der Waals surface area contributed by atoms with Gasteiger partial charge in [0.1, 0.15) is 6.61 Å². The summed E-state index contributed by atoms with van der Waals surface area (Å²) < 4.78 is 10.4. The molecule has 0 radical (unpaired) electrons. The summed E-state index contributed by atoms with van der Waals surface area (Å²) in [5.74, 6) is 0.370. The molecule has 0 aromatic carbocycles. The van der Waals surface area contributed by atoms with E-state index >= 15 is 0 Å². The van der Waals surface area contributed by atoms with E-state index in [1.807, 2.05) is 0 Å². The van der Waals surface area contributed by atoms with Crippen LogP contribution in [0.3, 0.4) is 0 Å². The highest BCUT2D eigenvalue weighted by atomic mass is 16.5. The number of carbonyl (C=O) groups is 1. The van der Waals surface area contributed by atoms with Crippen LogP contribution in [0.25, 0.3) is 0 Å². The molecule has 1 heterocycles. The molecule has 6 heteroatoms. The number of ether oxygens (including phenoxy) is 1. The fraction of sp³-hybridized carbons (Fsp3) is 0.727. The van der Waals surface area contributed by atoms with Crippen molar-refractivity contribution >= 4 is 5.97 Å². The molecule has 94 valence electrons. The standard InChI is InChI=1S/C11H16N2O4/c1-16-6-9-12-13-10(17-9)7-2-4-8(5-3-7)11(14)15/h7-8H,2-6H2,1H3,(H,14,15)/t7-,8-. The molecule has 1 aliphatic rings. The quantitative estimate of drug-likeness (QED) is 0.859. The topological polar surface area (TPSA) is 85.5 Å². The van der Waals surface area contributed by atoms with Crippen LogP contribution in [-0.4, -0.2) is 28.4 Å². The van der Waals surface area contributed by atoms with Crippen LogP contribution < -0.4 is 0 Å². The molecule has 0 amide bonds. The van der Waals surface area contributed by atoms with Gasteiger partial charge in [0.15, 0.2) is 0 Å². The fourth-order valence-corrected chi connectivity index (χ4v) is 2.20. The van der Waals surface area contributed by atoms with Crippen LogP contribution in [0.15, 0.2) is 4.42 Å². The van der Waals surface area contributed by atoms with Crippen molar-refractivity contribution in [2.24, 2.45) is 5.92 Å². The van der Waals surface area contributed by atoms with Gasteiger partial charge >= 0.3 is 5.97 Å². The predicted octanol–water partition coefficient (Wildman–Crippen LogP) is 1.57. The minimum Gasteiger partial charge on any atom is -0.481 e. The lowest BCUT2D eigenvalue weighted by atomic mass is 9.82. The van der Waals surface area contributed by atoms with Gasteiger partial charge in [0.2, 0.25) is 11.8 Å². The molecule has 0 atom stereocenters. The van der Waals surface area contributed by atoms with Crippen molar-refractivity contribution in [2.45, 2.75) is 38.2 Å². The van der Waals surface area contributed by atoms with Gasteiger partial charge in [-0.3, -0.25) is 4.79 Å². The Balaban J connectivity index is 1.93. The molecule has 0 unspecified atom stereocenters. The van der Waals surface area contributed by atoms with E-state index < -0.39 is 5.97 Å². The molecule has 0 saturated heterocycles. The molecule has 0 spiro atoms. The summed E-state index contributed by atoms with van der Waals surface area (Å²) in [7, 11) is 1.57. The molecule has 1 fully saturated rings. The number of hydrogen-bond acceptors (Lipinski definition) is 5. The first-order valence-electron chi connectivity index (χ1n) is 5.74. The number of methoxy groups -OCH3 is 1. The first-order valence-corrected chi connectivity index (χ1v) is 5.74. The second-order valence-electron chi connectivity index (χ2n) is 4.35. The SMILES string of the molecule is COCc1nnc([C@H]2CC[C@H](C(=O)O)CC2)o1. The Labute approximate surface area is 99.0 Å². The number of rotatable bonds is 4. The lowest BCUT2D eigenvalue weighted by Gasteiger charge is -2.23. The molecule has 6 nitrogen and oxygen atoms in total. The Bertz CT molecular complexity index is 383. The zero-order chi connectivity index (χ0) is 12.3. The third kappa shape index (κ3) is 2.82. The van der Waals surface area contributed by atoms with E-state index in [2.05, 4.69) is 10.2 Å². The van der Waals surface area contributed by atoms with Crippen molar-refractivity contribution in [1.82, 2.24) is 10.2 Å². The Kier molecular flexibility index (Phi) is 3.73. The molecule has 1 aromatic rings. The lowest BCUT2D eigenvalue weighted by molar-refractivity contribution is -0.142. The maximum absolute atomic E-state index is 10.8. The first kappa shape index (κ1) is 12.0. The molecular weight excluding hydrogens is 224 g/mol. The van der Waals surface area contributed by atoms with Gasteiger partial charge in [-0.2, -0.15) is 0 Å². The van der Waals surface area contributed by atoms with Gasteiger partial charge in [-0.15, -0.1) is 10.2 Å². The molecule has 1 N–H and O–H groups in total. The van der Waals surface area contributed by atoms with Crippen LogP contribution in [-0.2, 0) is 16.1 Å². The van der Waals surface area contributed by atoms with Gasteiger partial charge in [-0.05, 0) is 25.7 Å². The maximum Gasteiger partial charge on any atom is 0.306 e. The average molecular weight is 240 g/mol. The number of aromatic nitrogens is 2. The number of hydrogen-bond donors (Lipinski definition) is 1. The molecule has 1 aromatic heterocycles. The summed E-state index contributed by atoms with van der Waals surface area (Å²) >= 11 is 0. The summed E-state index contributed by atoms with van der Waals surface area (Å²) in [5.41, 5.74) is 0. The maximum atomic E-state index is 10.8. The zero-order valence-electron chi connectivity index (χ0n) is 9.76. The van der Waals surface area contributed by atoms with Crippen molar-refractivity contribution < 1.29 is 19.1 Å². The Morgan fingerprint density at radius 3 is 2.71 bits per heavy atom. The van der Waals surface area contributed by atoms with E-state index in [1.54, 1.807) is 7.11 Å². The van der Waals surface area contributed by atoms with Crippen LogP contribution in [0.4, 0.5) is 0 Å². The largest absolute Gasteiger partial charge is 0.481 e. The Morgan fingerprint density at radius 2 is 2.12 bits per heavy atom. The van der Waals surface area contributed by atoms with Crippen LogP contribution in [0, 0.1) is 5.92 Å². The molecule has 1 aliphatic carbocycles. The molecular formula is C11H16N2O4. The van der Waals surface area contributed by atoms with E-state index in [1.165, 1.54) is 0 Å². The van der Waals surface area contributed by atoms with Gasteiger partial charge in [0.25, 0.3) is 0 Å². The van der Waals surface area contributed by atoms with Gasteiger partial charge in [-0.1, -0.05) is 0 Å². The van der Waals surface area contributed by atoms with Crippen LogP contribution in [0.5, 0.6) is 0 Å². The van der Waals surface area contributed by atoms with Gasteiger partial charge in [-0.25, -0.2) is 0 Å². The average Bonchev–Trinajstić information content (AvgIpc) is 2.78. The number of carboxylic acids is 1. The van der Waals surface area contributed by atoms with Crippen LogP contribution in [0.2, 0.25) is 0 Å². The molecule has 0 aliphatic heterocycles. The van der Waals surface area contributed by atoms with Crippen molar-refractivity contribution in [3.05, 3.63) is 11.8 Å². The third-order valence-electron chi connectivity index (χ3n) is 3.18. The van der Waals surface area contributed by atoms with Gasteiger partial charge < -0.3 is 14.3 Å². The summed E-state index contributed by atoms with van der Waals surface area (Å²) in [4.78, 5) is 10.8. The monoisotopic (exact) mass is 240 g/mol. The minimum atomic E-state index is -0.700. The zero-order valence-corrected chi connectivity index (χ0v) is 9.76. The summed E-state index contributed by atoms with van der Waals surface area (Å²) in [6.07, 6.45) is 2.96. The van der Waals surface area contributed by atoms with E-state index in [-0.39, 0.29) is 11.8 Å². The van der Waals surface area contributed by atoms with E-state index in [0.29, 0.717) is 31.2 Å². The fourth-order valence-electron chi connectivity index (χ4n) is 2.20. The number of aliphatic carboxylic acids is 1. The summed E-state index contributed by atoms with van der Waals surface area (Å²) in [6, 6.07) is 0. The number of nitrogens with zero attached hydrogens (tertiary/aromatic N) is 2. The third-order valence-corrected chi connectivity index (χ3v) is 3.18. The second-order valence-corrected chi connectivity index (χ2v) is 4.35. The molecule has 0 bridgehead atoms. The van der Waals surface area contributed by atoms with Crippen LogP contribution >= 0.6 is 0 Å². The normalized spacial score (nSPS) is 24.8. The first-order chi connectivity index (χ1) is 8.20. The predicted molar refractivity (Wildman–Crippen MR) is 57.3 cm³/mol. The van der Waals surface area contributed by atoms with Gasteiger partial charge in [0, 0.05) is 13.0 Å². The molecule has 17 heavy (non-hydrogen) atoms. The second kappa shape index (κ2) is 5.27. The van der Waals surface area contributed by atoms with Crippen molar-refractivity contribution in [3.63, 3.8) is 0 Å².